The van der Waals surface area contributed by atoms with Crippen LogP contribution in [0.3, 0.4) is 0 Å². The number of hydrogen-bond acceptors (Lipinski definition) is 2. The Kier molecular flexibility index (Phi) is 5.04. The Labute approximate surface area is 119 Å². The number of anilines is 1. The van der Waals surface area contributed by atoms with Crippen molar-refractivity contribution in [1.82, 2.24) is 4.98 Å². The fourth-order valence-electron chi connectivity index (χ4n) is 2.75. The van der Waals surface area contributed by atoms with Crippen molar-refractivity contribution in [2.45, 2.75) is 46.0 Å². The number of aryl methyl sites for hydroxylation is 1. The Balaban J connectivity index is 1.83. The van der Waals surface area contributed by atoms with E-state index < -0.39 is 0 Å². The van der Waals surface area contributed by atoms with Gasteiger partial charge in [-0.05, 0) is 59.2 Å². The van der Waals surface area contributed by atoms with Crippen molar-refractivity contribution in [3.05, 3.63) is 22.3 Å². The van der Waals surface area contributed by atoms with Crippen LogP contribution in [0.5, 0.6) is 0 Å². The van der Waals surface area contributed by atoms with Crippen LogP contribution >= 0.6 is 15.9 Å². The molecular formula is C15H23BrN2. The molecule has 0 aromatic carbocycles. The summed E-state index contributed by atoms with van der Waals surface area (Å²) in [5.74, 6) is 2.79. The second-order valence-corrected chi connectivity index (χ2v) is 6.26. The summed E-state index contributed by atoms with van der Waals surface area (Å²) in [6, 6.07) is 2.03. The minimum atomic E-state index is 0.821. The summed E-state index contributed by atoms with van der Waals surface area (Å²) in [4.78, 5) is 4.40. The first kappa shape index (κ1) is 13.9. The Hall–Kier alpha value is -0.570. The van der Waals surface area contributed by atoms with E-state index in [0.717, 1.165) is 28.7 Å². The topological polar surface area (TPSA) is 24.9 Å². The van der Waals surface area contributed by atoms with Crippen molar-refractivity contribution < 1.29 is 0 Å². The van der Waals surface area contributed by atoms with Gasteiger partial charge in [-0.15, -0.1) is 0 Å². The first-order valence-electron chi connectivity index (χ1n) is 7.05. The fraction of sp³-hybridized carbons (Fsp3) is 0.667. The van der Waals surface area contributed by atoms with Gasteiger partial charge in [-0.3, -0.25) is 0 Å². The molecule has 1 N–H and O–H groups in total. The van der Waals surface area contributed by atoms with Crippen molar-refractivity contribution in [1.29, 1.82) is 0 Å². The predicted octanol–water partition coefficient (Wildman–Crippen LogP) is 4.78. The minimum absolute atomic E-state index is 0.821. The molecule has 1 fully saturated rings. The fourth-order valence-corrected chi connectivity index (χ4v) is 3.12. The number of rotatable bonds is 4. The molecule has 1 aliphatic rings. The molecule has 100 valence electrons. The van der Waals surface area contributed by atoms with Crippen LogP contribution in [-0.2, 0) is 0 Å². The predicted molar refractivity (Wildman–Crippen MR) is 80.9 cm³/mol. The molecule has 18 heavy (non-hydrogen) atoms. The Bertz CT molecular complexity index is 384. The van der Waals surface area contributed by atoms with Crippen molar-refractivity contribution in [3.8, 4) is 0 Å². The highest BCUT2D eigenvalue weighted by Gasteiger charge is 2.20. The third-order valence-electron chi connectivity index (χ3n) is 4.18. The van der Waals surface area contributed by atoms with Crippen molar-refractivity contribution >= 4 is 21.7 Å². The molecule has 1 aliphatic carbocycles. The molecule has 0 bridgehead atoms. The smallest absolute Gasteiger partial charge is 0.140 e. The van der Waals surface area contributed by atoms with Gasteiger partial charge in [0.1, 0.15) is 5.82 Å². The van der Waals surface area contributed by atoms with Crippen LogP contribution in [0, 0.1) is 18.8 Å². The second-order valence-electron chi connectivity index (χ2n) is 5.47. The molecule has 2 rings (SSSR count). The summed E-state index contributed by atoms with van der Waals surface area (Å²) in [5, 5.41) is 3.50. The number of nitrogens with one attached hydrogen (secondary N) is 1. The monoisotopic (exact) mass is 310 g/mol. The van der Waals surface area contributed by atoms with Gasteiger partial charge in [0.15, 0.2) is 0 Å². The molecule has 0 aliphatic heterocycles. The van der Waals surface area contributed by atoms with Crippen LogP contribution in [0.4, 0.5) is 5.82 Å². The zero-order valence-corrected chi connectivity index (χ0v) is 13.0. The van der Waals surface area contributed by atoms with Gasteiger partial charge in [0, 0.05) is 12.7 Å². The summed E-state index contributed by atoms with van der Waals surface area (Å²) in [6.07, 6.45) is 8.78. The van der Waals surface area contributed by atoms with E-state index in [1.165, 1.54) is 37.7 Å². The minimum Gasteiger partial charge on any atom is -0.369 e. The molecule has 1 aromatic rings. The van der Waals surface area contributed by atoms with E-state index in [1.54, 1.807) is 0 Å². The lowest BCUT2D eigenvalue weighted by Gasteiger charge is -2.28. The first-order valence-corrected chi connectivity index (χ1v) is 7.85. The average molecular weight is 311 g/mol. The summed E-state index contributed by atoms with van der Waals surface area (Å²) < 4.78 is 1.10. The third kappa shape index (κ3) is 3.47. The Morgan fingerprint density at radius 3 is 2.61 bits per heavy atom. The molecule has 1 heterocycles. The number of pyridine rings is 1. The van der Waals surface area contributed by atoms with Crippen LogP contribution in [0.2, 0.25) is 0 Å². The SMILES string of the molecule is CCC1CCC(CNc2nccc(C)c2Br)CC1. The molecule has 2 nitrogen and oxygen atoms in total. The molecule has 0 atom stereocenters. The normalized spacial score (nSPS) is 23.9. The highest BCUT2D eigenvalue weighted by atomic mass is 79.9. The summed E-state index contributed by atoms with van der Waals surface area (Å²) >= 11 is 3.60. The molecule has 0 radical (unpaired) electrons. The van der Waals surface area contributed by atoms with Crippen LogP contribution in [0.15, 0.2) is 16.7 Å². The van der Waals surface area contributed by atoms with Crippen LogP contribution in [0.25, 0.3) is 0 Å². The van der Waals surface area contributed by atoms with Gasteiger partial charge in [0.25, 0.3) is 0 Å². The lowest BCUT2D eigenvalue weighted by molar-refractivity contribution is 0.278. The van der Waals surface area contributed by atoms with Crippen LogP contribution < -0.4 is 5.32 Å². The lowest BCUT2D eigenvalue weighted by atomic mass is 9.81. The maximum atomic E-state index is 4.40. The molecule has 3 heteroatoms. The molecule has 0 saturated heterocycles. The number of aromatic nitrogens is 1. The summed E-state index contributed by atoms with van der Waals surface area (Å²) in [6.45, 7) is 5.48. The van der Waals surface area contributed by atoms with E-state index in [9.17, 15) is 0 Å². The first-order chi connectivity index (χ1) is 8.70. The third-order valence-corrected chi connectivity index (χ3v) is 5.19. The van der Waals surface area contributed by atoms with Gasteiger partial charge in [-0.1, -0.05) is 26.2 Å². The quantitative estimate of drug-likeness (QED) is 0.865. The van der Waals surface area contributed by atoms with Gasteiger partial charge in [0.2, 0.25) is 0 Å². The van der Waals surface area contributed by atoms with E-state index in [2.05, 4.69) is 40.1 Å². The lowest BCUT2D eigenvalue weighted by Crippen LogP contribution is -2.21. The molecule has 0 spiro atoms. The van der Waals surface area contributed by atoms with Crippen molar-refractivity contribution in [2.24, 2.45) is 11.8 Å². The van der Waals surface area contributed by atoms with E-state index in [1.807, 2.05) is 12.3 Å². The zero-order valence-electron chi connectivity index (χ0n) is 11.4. The molecule has 1 aromatic heterocycles. The number of hydrogen-bond donors (Lipinski definition) is 1. The largest absolute Gasteiger partial charge is 0.369 e. The average Bonchev–Trinajstić information content (AvgIpc) is 2.41. The maximum absolute atomic E-state index is 4.40. The number of nitrogens with zero attached hydrogens (tertiary/aromatic N) is 1. The van der Waals surface area contributed by atoms with Gasteiger partial charge in [-0.2, -0.15) is 0 Å². The highest BCUT2D eigenvalue weighted by Crippen LogP contribution is 2.31. The molecule has 0 amide bonds. The Morgan fingerprint density at radius 1 is 1.28 bits per heavy atom. The van der Waals surface area contributed by atoms with E-state index in [0.29, 0.717) is 0 Å². The van der Waals surface area contributed by atoms with Gasteiger partial charge < -0.3 is 5.32 Å². The standard InChI is InChI=1S/C15H23BrN2/c1-3-12-4-6-13(7-5-12)10-18-15-14(16)11(2)8-9-17-15/h8-9,12-13H,3-7,10H2,1-2H3,(H,17,18). The van der Waals surface area contributed by atoms with Crippen LogP contribution in [0.1, 0.15) is 44.6 Å². The zero-order chi connectivity index (χ0) is 13.0. The number of halogens is 1. The van der Waals surface area contributed by atoms with Crippen LogP contribution in [-0.4, -0.2) is 11.5 Å². The van der Waals surface area contributed by atoms with Crippen molar-refractivity contribution in [2.75, 3.05) is 11.9 Å². The van der Waals surface area contributed by atoms with E-state index in [-0.39, 0.29) is 0 Å². The molecule has 1 saturated carbocycles. The van der Waals surface area contributed by atoms with E-state index in [4.69, 9.17) is 0 Å². The highest BCUT2D eigenvalue weighted by molar-refractivity contribution is 9.10. The van der Waals surface area contributed by atoms with Crippen molar-refractivity contribution in [3.63, 3.8) is 0 Å². The molecular weight excluding hydrogens is 288 g/mol. The molecule has 0 unspecified atom stereocenters. The van der Waals surface area contributed by atoms with Gasteiger partial charge in [0.05, 0.1) is 4.47 Å². The summed E-state index contributed by atoms with van der Waals surface area (Å²) in [7, 11) is 0. The Morgan fingerprint density at radius 2 is 1.94 bits per heavy atom. The second kappa shape index (κ2) is 6.55. The summed E-state index contributed by atoms with van der Waals surface area (Å²) in [5.41, 5.74) is 1.24. The van der Waals surface area contributed by atoms with Gasteiger partial charge >= 0.3 is 0 Å². The van der Waals surface area contributed by atoms with Gasteiger partial charge in [-0.25, -0.2) is 4.98 Å². The van der Waals surface area contributed by atoms with E-state index >= 15 is 0 Å². The maximum Gasteiger partial charge on any atom is 0.140 e.